The number of amides is 2. The van der Waals surface area contributed by atoms with Crippen molar-refractivity contribution in [3.63, 3.8) is 0 Å². The Balaban J connectivity index is 1.89. The van der Waals surface area contributed by atoms with E-state index in [4.69, 9.17) is 21.3 Å². The normalized spacial score (nSPS) is 18.6. The third-order valence-corrected chi connectivity index (χ3v) is 5.72. The van der Waals surface area contributed by atoms with E-state index in [-0.39, 0.29) is 23.0 Å². The standard InChI is InChI=1S/C22H29N5O2/c1-4-22(2,3)20(24)27-13-14(9-12-19(27)23)29-18-11-10-17(26-21(25)28)15-7-5-6-8-16(15)18/h5-9,12-13,17-18,23-24H,4,10-11H2,1-3H3,(H3,25,26,28). The third kappa shape index (κ3) is 4.34. The first kappa shape index (κ1) is 20.6. The molecule has 154 valence electrons. The van der Waals surface area contributed by atoms with Crippen LogP contribution in [0, 0.1) is 16.2 Å². The summed E-state index contributed by atoms with van der Waals surface area (Å²) < 4.78 is 7.86. The Morgan fingerprint density at radius 2 is 1.93 bits per heavy atom. The van der Waals surface area contributed by atoms with Crippen LogP contribution in [0.3, 0.4) is 0 Å². The number of hydrogen-bond acceptors (Lipinski definition) is 4. The molecule has 0 spiro atoms. The van der Waals surface area contributed by atoms with Gasteiger partial charge in [-0.1, -0.05) is 45.0 Å². The predicted molar refractivity (Wildman–Crippen MR) is 112 cm³/mol. The largest absolute Gasteiger partial charge is 0.484 e. The molecule has 2 aromatic rings. The molecule has 0 fully saturated rings. The Kier molecular flexibility index (Phi) is 5.77. The Labute approximate surface area is 170 Å². The lowest BCUT2D eigenvalue weighted by Gasteiger charge is -2.32. The van der Waals surface area contributed by atoms with Crippen molar-refractivity contribution >= 4 is 11.9 Å². The number of carbonyl (C=O) groups is 1. The number of hydrogen-bond donors (Lipinski definition) is 4. The molecule has 7 heteroatoms. The average Bonchev–Trinajstić information content (AvgIpc) is 2.70. The Morgan fingerprint density at radius 3 is 2.59 bits per heavy atom. The smallest absolute Gasteiger partial charge is 0.312 e. The molecule has 1 aliphatic rings. The van der Waals surface area contributed by atoms with Crippen LogP contribution >= 0.6 is 0 Å². The second-order valence-electron chi connectivity index (χ2n) is 8.08. The number of benzene rings is 1. The quantitative estimate of drug-likeness (QED) is 0.454. The summed E-state index contributed by atoms with van der Waals surface area (Å²) in [4.78, 5) is 11.3. The summed E-state index contributed by atoms with van der Waals surface area (Å²) in [7, 11) is 0. The van der Waals surface area contributed by atoms with Crippen LogP contribution in [-0.4, -0.2) is 16.4 Å². The maximum atomic E-state index is 11.3. The molecule has 1 heterocycles. The summed E-state index contributed by atoms with van der Waals surface area (Å²) in [5, 5.41) is 19.5. The van der Waals surface area contributed by atoms with Crippen LogP contribution in [0.2, 0.25) is 0 Å². The molecule has 1 aliphatic carbocycles. The maximum absolute atomic E-state index is 11.3. The number of nitrogens with two attached hydrogens (primary N) is 1. The van der Waals surface area contributed by atoms with Crippen molar-refractivity contribution in [1.82, 2.24) is 9.88 Å². The van der Waals surface area contributed by atoms with Gasteiger partial charge >= 0.3 is 6.03 Å². The molecule has 7 nitrogen and oxygen atoms in total. The molecule has 2 atom stereocenters. The van der Waals surface area contributed by atoms with E-state index in [1.165, 1.54) is 0 Å². The Bertz CT molecular complexity index is 979. The van der Waals surface area contributed by atoms with Crippen molar-refractivity contribution in [3.05, 3.63) is 59.2 Å². The van der Waals surface area contributed by atoms with Gasteiger partial charge in [-0.05, 0) is 42.5 Å². The van der Waals surface area contributed by atoms with Crippen LogP contribution in [0.1, 0.15) is 63.3 Å². The van der Waals surface area contributed by atoms with Gasteiger partial charge in [0.2, 0.25) is 0 Å². The zero-order valence-corrected chi connectivity index (χ0v) is 17.2. The summed E-state index contributed by atoms with van der Waals surface area (Å²) in [5.41, 5.74) is 7.25. The van der Waals surface area contributed by atoms with Gasteiger partial charge in [-0.15, -0.1) is 0 Å². The van der Waals surface area contributed by atoms with Gasteiger partial charge in [-0.25, -0.2) is 4.79 Å². The van der Waals surface area contributed by atoms with E-state index in [2.05, 4.69) is 5.32 Å². The monoisotopic (exact) mass is 395 g/mol. The molecule has 2 unspecified atom stereocenters. The van der Waals surface area contributed by atoms with Crippen molar-refractivity contribution in [1.29, 1.82) is 10.8 Å². The number of nitrogens with one attached hydrogen (secondary N) is 3. The van der Waals surface area contributed by atoms with Crippen LogP contribution in [0.4, 0.5) is 4.79 Å². The molecule has 0 radical (unpaired) electrons. The highest BCUT2D eigenvalue weighted by Gasteiger charge is 2.29. The molecule has 5 N–H and O–H groups in total. The molecule has 0 saturated heterocycles. The van der Waals surface area contributed by atoms with E-state index in [0.717, 1.165) is 30.4 Å². The van der Waals surface area contributed by atoms with Crippen molar-refractivity contribution in [2.75, 3.05) is 0 Å². The van der Waals surface area contributed by atoms with Gasteiger partial charge in [0.1, 0.15) is 23.2 Å². The van der Waals surface area contributed by atoms with Gasteiger partial charge in [-0.2, -0.15) is 0 Å². The fourth-order valence-electron chi connectivity index (χ4n) is 3.59. The first-order valence-electron chi connectivity index (χ1n) is 9.91. The predicted octanol–water partition coefficient (Wildman–Crippen LogP) is 3.85. The van der Waals surface area contributed by atoms with Crippen molar-refractivity contribution in [3.8, 4) is 5.75 Å². The van der Waals surface area contributed by atoms with Crippen LogP contribution in [-0.2, 0) is 0 Å². The summed E-state index contributed by atoms with van der Waals surface area (Å²) >= 11 is 0. The summed E-state index contributed by atoms with van der Waals surface area (Å²) in [6, 6.07) is 10.6. The number of primary amides is 1. The fourth-order valence-corrected chi connectivity index (χ4v) is 3.59. The molecular formula is C22H29N5O2. The van der Waals surface area contributed by atoms with Gasteiger partial charge in [-0.3, -0.25) is 15.4 Å². The van der Waals surface area contributed by atoms with Crippen LogP contribution < -0.4 is 21.3 Å². The van der Waals surface area contributed by atoms with E-state index < -0.39 is 6.03 Å². The van der Waals surface area contributed by atoms with Gasteiger partial charge in [0, 0.05) is 5.41 Å². The highest BCUT2D eigenvalue weighted by atomic mass is 16.5. The SMILES string of the molecule is CCC(C)(C)C(=N)n1cc(OC2CCC(NC(N)=O)c3ccccc32)ccc1=N. The molecule has 1 aromatic heterocycles. The van der Waals surface area contributed by atoms with Crippen molar-refractivity contribution in [2.24, 2.45) is 11.1 Å². The lowest BCUT2D eigenvalue weighted by atomic mass is 9.85. The first-order valence-corrected chi connectivity index (χ1v) is 9.91. The summed E-state index contributed by atoms with van der Waals surface area (Å²) in [6.45, 7) is 6.03. The zero-order chi connectivity index (χ0) is 21.2. The number of nitrogens with zero attached hydrogens (tertiary/aromatic N) is 1. The molecule has 0 saturated carbocycles. The second-order valence-corrected chi connectivity index (χ2v) is 8.08. The number of urea groups is 1. The van der Waals surface area contributed by atoms with E-state index in [0.29, 0.717) is 11.6 Å². The lowest BCUT2D eigenvalue weighted by molar-refractivity contribution is 0.171. The number of pyridine rings is 1. The molecule has 3 rings (SSSR count). The van der Waals surface area contributed by atoms with Crippen LogP contribution in [0.5, 0.6) is 5.75 Å². The number of fused-ring (bicyclic) bond motifs is 1. The van der Waals surface area contributed by atoms with Gasteiger partial charge in [0.25, 0.3) is 0 Å². The molecule has 1 aromatic carbocycles. The number of aromatic nitrogens is 1. The molecule has 2 amide bonds. The van der Waals surface area contributed by atoms with Crippen molar-refractivity contribution in [2.45, 2.75) is 52.2 Å². The first-order chi connectivity index (χ1) is 13.7. The molecule has 0 bridgehead atoms. The number of ether oxygens (including phenoxy) is 1. The maximum Gasteiger partial charge on any atom is 0.312 e. The highest BCUT2D eigenvalue weighted by Crippen LogP contribution is 2.38. The molecule has 0 aliphatic heterocycles. The van der Waals surface area contributed by atoms with Gasteiger partial charge < -0.3 is 15.8 Å². The molecular weight excluding hydrogens is 366 g/mol. The Hall–Kier alpha value is -3.09. The minimum Gasteiger partial charge on any atom is -0.484 e. The van der Waals surface area contributed by atoms with E-state index in [1.54, 1.807) is 22.9 Å². The minimum absolute atomic E-state index is 0.123. The van der Waals surface area contributed by atoms with E-state index >= 15 is 0 Å². The zero-order valence-electron chi connectivity index (χ0n) is 17.2. The Morgan fingerprint density at radius 1 is 1.24 bits per heavy atom. The van der Waals surface area contributed by atoms with E-state index in [1.807, 2.05) is 45.0 Å². The number of carbonyl (C=O) groups excluding carboxylic acids is 1. The average molecular weight is 396 g/mol. The van der Waals surface area contributed by atoms with Crippen LogP contribution in [0.25, 0.3) is 0 Å². The number of rotatable bonds is 5. The summed E-state index contributed by atoms with van der Waals surface area (Å²) in [5.74, 6) is 0.976. The minimum atomic E-state index is -0.534. The second kappa shape index (κ2) is 8.11. The van der Waals surface area contributed by atoms with Gasteiger partial charge in [0.05, 0.1) is 12.2 Å². The summed E-state index contributed by atoms with van der Waals surface area (Å²) in [6.07, 6.45) is 3.80. The topological polar surface area (TPSA) is 117 Å². The highest BCUT2D eigenvalue weighted by molar-refractivity contribution is 5.86. The lowest BCUT2D eigenvalue weighted by Crippen LogP contribution is -2.36. The fraction of sp³-hybridized carbons (Fsp3) is 0.409. The van der Waals surface area contributed by atoms with Gasteiger partial charge in [0.15, 0.2) is 0 Å². The van der Waals surface area contributed by atoms with Crippen molar-refractivity contribution < 1.29 is 9.53 Å². The van der Waals surface area contributed by atoms with E-state index in [9.17, 15) is 4.79 Å². The van der Waals surface area contributed by atoms with Crippen LogP contribution in [0.15, 0.2) is 42.6 Å². The third-order valence-electron chi connectivity index (χ3n) is 5.72. The molecule has 29 heavy (non-hydrogen) atoms.